The van der Waals surface area contributed by atoms with Crippen LogP contribution in [0.25, 0.3) is 11.5 Å². The lowest BCUT2D eigenvalue weighted by Gasteiger charge is -2.15. The Balaban J connectivity index is 1.36. The summed E-state index contributed by atoms with van der Waals surface area (Å²) in [6, 6.07) is 14.4. The van der Waals surface area contributed by atoms with E-state index in [4.69, 9.17) is 19.0 Å². The Labute approximate surface area is 228 Å². The van der Waals surface area contributed by atoms with Crippen LogP contribution in [-0.4, -0.2) is 63.2 Å². The van der Waals surface area contributed by atoms with E-state index in [0.29, 0.717) is 42.0 Å². The van der Waals surface area contributed by atoms with Gasteiger partial charge in [0.2, 0.25) is 17.7 Å². The number of hydrogen-bond donors (Lipinski definition) is 2. The summed E-state index contributed by atoms with van der Waals surface area (Å²) in [7, 11) is 1.75. The van der Waals surface area contributed by atoms with Crippen LogP contribution in [-0.2, 0) is 4.79 Å². The van der Waals surface area contributed by atoms with Crippen molar-refractivity contribution in [3.63, 3.8) is 0 Å². The highest BCUT2D eigenvalue weighted by atomic mass is 16.5. The van der Waals surface area contributed by atoms with Crippen molar-refractivity contribution >= 4 is 23.6 Å². The highest BCUT2D eigenvalue weighted by Gasteiger charge is 2.29. The van der Waals surface area contributed by atoms with Crippen molar-refractivity contribution in [2.45, 2.75) is 13.3 Å². The number of carboxylic acid groups (broad SMARTS) is 1. The Morgan fingerprint density at radius 1 is 1.05 bits per heavy atom. The maximum Gasteiger partial charge on any atom is 0.337 e. The highest BCUT2D eigenvalue weighted by Crippen LogP contribution is 2.30. The quantitative estimate of drug-likeness (QED) is 0.316. The second-order valence-corrected chi connectivity index (χ2v) is 9.19. The molecule has 0 saturated carbocycles. The molecular weight excluding hydrogens is 518 g/mol. The van der Waals surface area contributed by atoms with Crippen LogP contribution in [0.15, 0.2) is 65.2 Å². The molecule has 1 fully saturated rings. The average molecular weight is 544 g/mol. The number of aryl methyl sites for hydroxylation is 1. The van der Waals surface area contributed by atoms with Crippen LogP contribution in [0.5, 0.6) is 17.2 Å². The number of carbonyl (C=O) groups is 3. The Morgan fingerprint density at radius 2 is 1.82 bits per heavy atom. The van der Waals surface area contributed by atoms with E-state index in [-0.39, 0.29) is 35.4 Å². The number of likely N-dealkylation sites (tertiary alicyclic amines) is 1. The van der Waals surface area contributed by atoms with Crippen molar-refractivity contribution in [2.24, 2.45) is 5.92 Å². The van der Waals surface area contributed by atoms with Gasteiger partial charge in [0.15, 0.2) is 0 Å². The first kappa shape index (κ1) is 26.4. The van der Waals surface area contributed by atoms with Crippen molar-refractivity contribution in [3.8, 4) is 28.7 Å². The summed E-state index contributed by atoms with van der Waals surface area (Å²) < 4.78 is 17.4. The van der Waals surface area contributed by atoms with Crippen LogP contribution in [0.1, 0.15) is 33.0 Å². The molecule has 1 atom stereocenters. The summed E-state index contributed by atoms with van der Waals surface area (Å²) in [4.78, 5) is 42.1. The Bertz CT molecular complexity index is 1550. The number of amides is 2. The van der Waals surface area contributed by atoms with Crippen LogP contribution in [0.2, 0.25) is 0 Å². The smallest absolute Gasteiger partial charge is 0.337 e. The molecule has 1 unspecified atom stereocenters. The molecule has 1 aliphatic rings. The Hall–Kier alpha value is -5.26. The summed E-state index contributed by atoms with van der Waals surface area (Å²) >= 11 is 0. The molecule has 0 radical (unpaired) electrons. The summed E-state index contributed by atoms with van der Waals surface area (Å²) in [6.45, 7) is 2.53. The zero-order valence-corrected chi connectivity index (χ0v) is 21.7. The van der Waals surface area contributed by atoms with E-state index in [2.05, 4.69) is 20.5 Å². The number of nitrogens with zero attached hydrogens (tertiary/aromatic N) is 4. The first-order valence-corrected chi connectivity index (χ1v) is 12.4. The van der Waals surface area contributed by atoms with Crippen molar-refractivity contribution in [1.29, 1.82) is 0 Å². The van der Waals surface area contributed by atoms with Gasteiger partial charge in [0, 0.05) is 43.9 Å². The fourth-order valence-electron chi connectivity index (χ4n) is 4.09. The number of pyridine rings is 1. The van der Waals surface area contributed by atoms with Crippen molar-refractivity contribution in [1.82, 2.24) is 20.1 Å². The van der Waals surface area contributed by atoms with Gasteiger partial charge in [-0.05, 0) is 55.0 Å². The normalized spacial score (nSPS) is 14.7. The SMILES string of the molecule is Cc1nnc(-c2ccc(Oc3cc(OCC4CCN(C)C4=O)cc(C(=O)Nc4ccc(C(=O)O)cn4)c3)cc2)o1. The molecule has 12 nitrogen and oxygen atoms in total. The molecular formula is C28H25N5O7. The van der Waals surface area contributed by atoms with Gasteiger partial charge in [-0.25, -0.2) is 9.78 Å². The maximum absolute atomic E-state index is 13.1. The van der Waals surface area contributed by atoms with Gasteiger partial charge in [0.25, 0.3) is 5.91 Å². The van der Waals surface area contributed by atoms with Crippen LogP contribution in [0.4, 0.5) is 5.82 Å². The summed E-state index contributed by atoms with van der Waals surface area (Å²) in [6.07, 6.45) is 1.84. The number of carbonyl (C=O) groups excluding carboxylic acids is 2. The van der Waals surface area contributed by atoms with E-state index in [1.165, 1.54) is 24.3 Å². The minimum absolute atomic E-state index is 0.00330. The van der Waals surface area contributed by atoms with Gasteiger partial charge >= 0.3 is 5.97 Å². The van der Waals surface area contributed by atoms with Gasteiger partial charge in [0.1, 0.15) is 23.1 Å². The number of anilines is 1. The lowest BCUT2D eigenvalue weighted by molar-refractivity contribution is -0.130. The van der Waals surface area contributed by atoms with Crippen LogP contribution >= 0.6 is 0 Å². The molecule has 2 amide bonds. The zero-order chi connectivity index (χ0) is 28.2. The molecule has 0 aliphatic carbocycles. The second-order valence-electron chi connectivity index (χ2n) is 9.19. The van der Waals surface area contributed by atoms with Gasteiger partial charge in [-0.1, -0.05) is 0 Å². The zero-order valence-electron chi connectivity index (χ0n) is 21.7. The molecule has 12 heteroatoms. The molecule has 1 saturated heterocycles. The monoisotopic (exact) mass is 543 g/mol. The number of carboxylic acids is 1. The molecule has 3 heterocycles. The van der Waals surface area contributed by atoms with Gasteiger partial charge < -0.3 is 29.2 Å². The Morgan fingerprint density at radius 3 is 2.45 bits per heavy atom. The van der Waals surface area contributed by atoms with E-state index in [1.807, 2.05) is 0 Å². The van der Waals surface area contributed by atoms with Crippen LogP contribution in [0.3, 0.4) is 0 Å². The third-order valence-corrected chi connectivity index (χ3v) is 6.25. The van der Waals surface area contributed by atoms with Crippen molar-refractivity contribution < 1.29 is 33.4 Å². The van der Waals surface area contributed by atoms with Gasteiger partial charge in [-0.3, -0.25) is 9.59 Å². The molecule has 1 aliphatic heterocycles. The van der Waals surface area contributed by atoms with Crippen molar-refractivity contribution in [3.05, 3.63) is 77.8 Å². The first-order valence-electron chi connectivity index (χ1n) is 12.4. The van der Waals surface area contributed by atoms with Crippen LogP contribution in [0, 0.1) is 12.8 Å². The summed E-state index contributed by atoms with van der Waals surface area (Å²) in [5.41, 5.74) is 0.929. The topological polar surface area (TPSA) is 157 Å². The lowest BCUT2D eigenvalue weighted by atomic mass is 10.1. The predicted octanol–water partition coefficient (Wildman–Crippen LogP) is 4.04. The van der Waals surface area contributed by atoms with E-state index >= 15 is 0 Å². The van der Waals surface area contributed by atoms with E-state index in [0.717, 1.165) is 11.8 Å². The molecule has 40 heavy (non-hydrogen) atoms. The number of rotatable bonds is 9. The summed E-state index contributed by atoms with van der Waals surface area (Å²) in [5.74, 6) is 0.284. The fraction of sp³-hybridized carbons (Fsp3) is 0.214. The predicted molar refractivity (Wildman–Crippen MR) is 141 cm³/mol. The number of nitrogens with one attached hydrogen (secondary N) is 1. The summed E-state index contributed by atoms with van der Waals surface area (Å²) in [5, 5.41) is 19.5. The minimum atomic E-state index is -1.12. The molecule has 2 aromatic carbocycles. The average Bonchev–Trinajstić information content (AvgIpc) is 3.52. The third-order valence-electron chi connectivity index (χ3n) is 6.25. The van der Waals surface area contributed by atoms with Gasteiger partial charge in [-0.15, -0.1) is 10.2 Å². The standard InChI is InChI=1S/C28H25N5O7/c1-16-31-32-26(39-16)17-3-6-21(7-4-17)40-23-12-20(25(34)30-24-8-5-18(14-29-24)28(36)37)11-22(13-23)38-15-19-9-10-33(2)27(19)35/h3-8,11-14,19H,9-10,15H2,1-2H3,(H,36,37)(H,29,30,34). The second kappa shape index (κ2) is 11.2. The van der Waals surface area contributed by atoms with E-state index < -0.39 is 11.9 Å². The third kappa shape index (κ3) is 6.07. The molecule has 0 spiro atoms. The molecule has 204 valence electrons. The molecule has 2 N–H and O–H groups in total. The Kier molecular flexibility index (Phi) is 7.40. The number of aromatic carboxylic acids is 1. The molecule has 2 aromatic heterocycles. The number of hydrogen-bond acceptors (Lipinski definition) is 9. The van der Waals surface area contributed by atoms with Crippen LogP contribution < -0.4 is 14.8 Å². The lowest BCUT2D eigenvalue weighted by Crippen LogP contribution is -2.25. The highest BCUT2D eigenvalue weighted by molar-refractivity contribution is 6.04. The van der Waals surface area contributed by atoms with E-state index in [9.17, 15) is 14.4 Å². The van der Waals surface area contributed by atoms with Crippen molar-refractivity contribution in [2.75, 3.05) is 25.5 Å². The maximum atomic E-state index is 13.1. The largest absolute Gasteiger partial charge is 0.493 e. The van der Waals surface area contributed by atoms with Gasteiger partial charge in [-0.2, -0.15) is 0 Å². The number of ether oxygens (including phenoxy) is 2. The number of aromatic nitrogens is 3. The molecule has 0 bridgehead atoms. The number of benzene rings is 2. The van der Waals surface area contributed by atoms with Gasteiger partial charge in [0.05, 0.1) is 18.1 Å². The minimum Gasteiger partial charge on any atom is -0.493 e. The molecule has 5 rings (SSSR count). The fourth-order valence-corrected chi connectivity index (χ4v) is 4.09. The molecule has 4 aromatic rings. The van der Waals surface area contributed by atoms with E-state index in [1.54, 1.807) is 49.2 Å². The first-order chi connectivity index (χ1) is 19.2.